The number of methoxy groups -OCH3 is 2. The molecular formula is C19H22O4S. The van der Waals surface area contributed by atoms with Gasteiger partial charge in [0, 0.05) is 16.2 Å². The fraction of sp³-hybridized carbons (Fsp3) is 0.316. The third-order valence-electron chi connectivity index (χ3n) is 3.47. The molecule has 0 radical (unpaired) electrons. The molecule has 0 atom stereocenters. The molecule has 0 aliphatic carbocycles. The lowest BCUT2D eigenvalue weighted by atomic mass is 10.2. The maximum Gasteiger partial charge on any atom is 0.306 e. The highest BCUT2D eigenvalue weighted by molar-refractivity contribution is 7.99. The van der Waals surface area contributed by atoms with Gasteiger partial charge in [-0.05, 0) is 37.3 Å². The molecule has 5 heteroatoms. The van der Waals surface area contributed by atoms with Crippen molar-refractivity contribution in [1.82, 2.24) is 0 Å². The molecule has 128 valence electrons. The Bertz CT molecular complexity index is 668. The smallest absolute Gasteiger partial charge is 0.306 e. The monoisotopic (exact) mass is 346 g/mol. The van der Waals surface area contributed by atoms with E-state index in [9.17, 15) is 4.79 Å². The fourth-order valence-electron chi connectivity index (χ4n) is 2.11. The quantitative estimate of drug-likeness (QED) is 0.528. The van der Waals surface area contributed by atoms with Gasteiger partial charge in [0.15, 0.2) is 0 Å². The lowest BCUT2D eigenvalue weighted by Gasteiger charge is -2.11. The first-order valence-corrected chi connectivity index (χ1v) is 8.67. The van der Waals surface area contributed by atoms with Crippen LogP contribution in [0.5, 0.6) is 11.5 Å². The third kappa shape index (κ3) is 5.49. The van der Waals surface area contributed by atoms with Crippen LogP contribution in [0, 0.1) is 6.92 Å². The van der Waals surface area contributed by atoms with Crippen LogP contribution >= 0.6 is 11.8 Å². The number of benzene rings is 2. The van der Waals surface area contributed by atoms with Crippen molar-refractivity contribution >= 4 is 17.7 Å². The number of esters is 1. The Morgan fingerprint density at radius 3 is 2.46 bits per heavy atom. The average molecular weight is 346 g/mol. The van der Waals surface area contributed by atoms with E-state index >= 15 is 0 Å². The highest BCUT2D eigenvalue weighted by Gasteiger charge is 2.09. The van der Waals surface area contributed by atoms with Gasteiger partial charge in [-0.1, -0.05) is 17.7 Å². The SMILES string of the molecule is COc1ccc(OC)c(COC(=O)CCSc2ccc(C)cc2)c1. The molecule has 0 amide bonds. The predicted molar refractivity (Wildman–Crippen MR) is 95.9 cm³/mol. The Labute approximate surface area is 147 Å². The molecule has 2 aromatic carbocycles. The van der Waals surface area contributed by atoms with Gasteiger partial charge in [-0.25, -0.2) is 0 Å². The van der Waals surface area contributed by atoms with Gasteiger partial charge in [0.1, 0.15) is 18.1 Å². The maximum atomic E-state index is 11.9. The van der Waals surface area contributed by atoms with E-state index in [2.05, 4.69) is 31.2 Å². The van der Waals surface area contributed by atoms with Crippen LogP contribution in [-0.4, -0.2) is 25.9 Å². The topological polar surface area (TPSA) is 44.8 Å². The normalized spacial score (nSPS) is 10.3. The number of hydrogen-bond acceptors (Lipinski definition) is 5. The van der Waals surface area contributed by atoms with Crippen LogP contribution in [-0.2, 0) is 16.1 Å². The Hall–Kier alpha value is -2.14. The van der Waals surface area contributed by atoms with Gasteiger partial charge in [-0.2, -0.15) is 0 Å². The molecule has 0 fully saturated rings. The van der Waals surface area contributed by atoms with Crippen molar-refractivity contribution in [1.29, 1.82) is 0 Å². The molecule has 24 heavy (non-hydrogen) atoms. The first-order valence-electron chi connectivity index (χ1n) is 7.68. The molecule has 0 saturated heterocycles. The van der Waals surface area contributed by atoms with Gasteiger partial charge in [-0.3, -0.25) is 4.79 Å². The minimum Gasteiger partial charge on any atom is -0.497 e. The third-order valence-corrected chi connectivity index (χ3v) is 4.49. The van der Waals surface area contributed by atoms with E-state index in [1.807, 2.05) is 12.1 Å². The lowest BCUT2D eigenvalue weighted by Crippen LogP contribution is -2.06. The number of ether oxygens (including phenoxy) is 3. The van der Waals surface area contributed by atoms with Crippen molar-refractivity contribution < 1.29 is 19.0 Å². The Balaban J connectivity index is 1.79. The van der Waals surface area contributed by atoms with Crippen LogP contribution < -0.4 is 9.47 Å². The van der Waals surface area contributed by atoms with Crippen LogP contribution in [0.25, 0.3) is 0 Å². The molecule has 0 aromatic heterocycles. The summed E-state index contributed by atoms with van der Waals surface area (Å²) in [5.74, 6) is 1.85. The number of rotatable bonds is 8. The van der Waals surface area contributed by atoms with Gasteiger partial charge < -0.3 is 14.2 Å². The molecule has 0 aliphatic rings. The van der Waals surface area contributed by atoms with E-state index < -0.39 is 0 Å². The maximum absolute atomic E-state index is 11.9. The van der Waals surface area contributed by atoms with Crippen LogP contribution in [0.3, 0.4) is 0 Å². The second kappa shape index (κ2) is 9.23. The molecule has 0 aliphatic heterocycles. The second-order valence-corrected chi connectivity index (χ2v) is 6.42. The van der Waals surface area contributed by atoms with Crippen molar-refractivity contribution in [3.05, 3.63) is 53.6 Å². The Kier molecular flexibility index (Phi) is 7.00. The van der Waals surface area contributed by atoms with Gasteiger partial charge in [-0.15, -0.1) is 11.8 Å². The molecule has 4 nitrogen and oxygen atoms in total. The van der Waals surface area contributed by atoms with E-state index in [0.29, 0.717) is 23.7 Å². The molecule has 0 saturated carbocycles. The summed E-state index contributed by atoms with van der Waals surface area (Å²) in [5, 5.41) is 0. The first-order chi connectivity index (χ1) is 11.6. The summed E-state index contributed by atoms with van der Waals surface area (Å²) < 4.78 is 15.8. The van der Waals surface area contributed by atoms with Crippen LogP contribution in [0.4, 0.5) is 0 Å². The molecule has 0 N–H and O–H groups in total. The summed E-state index contributed by atoms with van der Waals surface area (Å²) in [5.41, 5.74) is 2.02. The van der Waals surface area contributed by atoms with Crippen molar-refractivity contribution in [2.24, 2.45) is 0 Å². The molecular weight excluding hydrogens is 324 g/mol. The van der Waals surface area contributed by atoms with Crippen molar-refractivity contribution in [3.63, 3.8) is 0 Å². The highest BCUT2D eigenvalue weighted by atomic mass is 32.2. The zero-order chi connectivity index (χ0) is 17.4. The predicted octanol–water partition coefficient (Wildman–Crippen LogP) is 4.24. The second-order valence-electron chi connectivity index (χ2n) is 5.25. The van der Waals surface area contributed by atoms with E-state index in [1.54, 1.807) is 32.0 Å². The van der Waals surface area contributed by atoms with E-state index in [-0.39, 0.29) is 12.6 Å². The first kappa shape index (κ1) is 18.2. The van der Waals surface area contributed by atoms with Crippen molar-refractivity contribution in [2.45, 2.75) is 24.8 Å². The van der Waals surface area contributed by atoms with Gasteiger partial charge in [0.25, 0.3) is 0 Å². The summed E-state index contributed by atoms with van der Waals surface area (Å²) in [6.07, 6.45) is 0.366. The Morgan fingerprint density at radius 1 is 1.04 bits per heavy atom. The van der Waals surface area contributed by atoms with Crippen LogP contribution in [0.1, 0.15) is 17.5 Å². The largest absolute Gasteiger partial charge is 0.497 e. The molecule has 0 spiro atoms. The zero-order valence-electron chi connectivity index (χ0n) is 14.2. The van der Waals surface area contributed by atoms with Crippen LogP contribution in [0.15, 0.2) is 47.4 Å². The summed E-state index contributed by atoms with van der Waals surface area (Å²) in [7, 11) is 3.19. The van der Waals surface area contributed by atoms with E-state index in [1.165, 1.54) is 5.56 Å². The number of aryl methyl sites for hydroxylation is 1. The van der Waals surface area contributed by atoms with Crippen molar-refractivity contribution in [2.75, 3.05) is 20.0 Å². The summed E-state index contributed by atoms with van der Waals surface area (Å²) in [4.78, 5) is 13.1. The summed E-state index contributed by atoms with van der Waals surface area (Å²) in [6.45, 7) is 2.23. The molecule has 0 bridgehead atoms. The van der Waals surface area contributed by atoms with E-state index in [4.69, 9.17) is 14.2 Å². The van der Waals surface area contributed by atoms with Gasteiger partial charge >= 0.3 is 5.97 Å². The minimum absolute atomic E-state index is 0.175. The number of carbonyl (C=O) groups excluding carboxylic acids is 1. The standard InChI is InChI=1S/C19H22O4S/c1-14-4-7-17(8-5-14)24-11-10-19(20)23-13-15-12-16(21-2)6-9-18(15)22-3/h4-9,12H,10-11,13H2,1-3H3. The molecule has 0 heterocycles. The Morgan fingerprint density at radius 2 is 1.79 bits per heavy atom. The molecule has 0 unspecified atom stereocenters. The van der Waals surface area contributed by atoms with Crippen LogP contribution in [0.2, 0.25) is 0 Å². The molecule has 2 rings (SSSR count). The van der Waals surface area contributed by atoms with Gasteiger partial charge in [0.05, 0.1) is 20.6 Å². The number of hydrogen-bond donors (Lipinski definition) is 0. The number of carbonyl (C=O) groups is 1. The lowest BCUT2D eigenvalue weighted by molar-refractivity contribution is -0.144. The summed E-state index contributed by atoms with van der Waals surface area (Å²) >= 11 is 1.65. The van der Waals surface area contributed by atoms with E-state index in [0.717, 1.165) is 10.5 Å². The van der Waals surface area contributed by atoms with Gasteiger partial charge in [0.2, 0.25) is 0 Å². The zero-order valence-corrected chi connectivity index (χ0v) is 15.0. The highest BCUT2D eigenvalue weighted by Crippen LogP contribution is 2.25. The minimum atomic E-state index is -0.223. The summed E-state index contributed by atoms with van der Waals surface area (Å²) in [6, 6.07) is 13.7. The average Bonchev–Trinajstić information content (AvgIpc) is 2.61. The number of thioether (sulfide) groups is 1. The van der Waals surface area contributed by atoms with Crippen molar-refractivity contribution in [3.8, 4) is 11.5 Å². The fourth-order valence-corrected chi connectivity index (χ4v) is 2.94. The molecule has 2 aromatic rings.